The lowest BCUT2D eigenvalue weighted by atomic mass is 10.1. The summed E-state index contributed by atoms with van der Waals surface area (Å²) >= 11 is 0. The van der Waals surface area contributed by atoms with Crippen molar-refractivity contribution in [3.05, 3.63) is 47.5 Å². The molecule has 2 aromatic rings. The van der Waals surface area contributed by atoms with Gasteiger partial charge in [0.2, 0.25) is 0 Å². The van der Waals surface area contributed by atoms with Crippen LogP contribution in [-0.4, -0.2) is 22.7 Å². The van der Waals surface area contributed by atoms with Crippen LogP contribution in [0.2, 0.25) is 0 Å². The Balaban J connectivity index is 2.06. The van der Waals surface area contributed by atoms with Crippen LogP contribution < -0.4 is 4.74 Å². The highest BCUT2D eigenvalue weighted by molar-refractivity contribution is 5.96. The topological polar surface area (TPSA) is 44.1 Å². The molecule has 2 rings (SSSR count). The van der Waals surface area contributed by atoms with E-state index >= 15 is 0 Å². The maximum absolute atomic E-state index is 13.2. The highest BCUT2D eigenvalue weighted by Gasteiger charge is 2.11. The van der Waals surface area contributed by atoms with Gasteiger partial charge < -0.3 is 4.74 Å². The molecule has 19 heavy (non-hydrogen) atoms. The van der Waals surface area contributed by atoms with Crippen LogP contribution in [0.3, 0.4) is 0 Å². The zero-order valence-corrected chi connectivity index (χ0v) is 10.9. The Morgan fingerprint density at radius 3 is 2.84 bits per heavy atom. The molecule has 0 unspecified atom stereocenters. The zero-order chi connectivity index (χ0) is 13.8. The first-order valence-electron chi connectivity index (χ1n) is 5.95. The molecule has 0 spiro atoms. The number of hydrogen-bond donors (Lipinski definition) is 0. The lowest BCUT2D eigenvalue weighted by molar-refractivity contribution is 0.0982. The predicted octanol–water partition coefficient (Wildman–Crippen LogP) is 2.38. The molecule has 5 heteroatoms. The van der Waals surface area contributed by atoms with Gasteiger partial charge in [0.1, 0.15) is 0 Å². The van der Waals surface area contributed by atoms with Crippen LogP contribution >= 0.6 is 0 Å². The third-order valence-electron chi connectivity index (χ3n) is 3.00. The molecule has 1 aromatic heterocycles. The smallest absolute Gasteiger partial charge is 0.165 e. The van der Waals surface area contributed by atoms with Crippen LogP contribution in [0.25, 0.3) is 0 Å². The van der Waals surface area contributed by atoms with E-state index < -0.39 is 5.82 Å². The fraction of sp³-hybridized carbons (Fsp3) is 0.286. The summed E-state index contributed by atoms with van der Waals surface area (Å²) in [6.45, 7) is 0. The fourth-order valence-electron chi connectivity index (χ4n) is 1.87. The number of ether oxygens (including phenoxy) is 1. The summed E-state index contributed by atoms with van der Waals surface area (Å²) < 4.78 is 19.8. The minimum absolute atomic E-state index is 0.0421. The Hall–Kier alpha value is -2.17. The van der Waals surface area contributed by atoms with Crippen LogP contribution in [0, 0.1) is 5.82 Å². The van der Waals surface area contributed by atoms with Gasteiger partial charge in [-0.2, -0.15) is 5.10 Å². The van der Waals surface area contributed by atoms with E-state index in [-0.39, 0.29) is 11.5 Å². The van der Waals surface area contributed by atoms with Crippen molar-refractivity contribution in [1.29, 1.82) is 0 Å². The van der Waals surface area contributed by atoms with Gasteiger partial charge in [-0.25, -0.2) is 4.39 Å². The van der Waals surface area contributed by atoms with Gasteiger partial charge in [-0.05, 0) is 30.7 Å². The second kappa shape index (κ2) is 5.65. The van der Waals surface area contributed by atoms with E-state index in [2.05, 4.69) is 5.10 Å². The molecule has 0 amide bonds. The van der Waals surface area contributed by atoms with Crippen molar-refractivity contribution in [2.24, 2.45) is 7.05 Å². The maximum Gasteiger partial charge on any atom is 0.165 e. The van der Waals surface area contributed by atoms with Crippen LogP contribution in [0.4, 0.5) is 4.39 Å². The van der Waals surface area contributed by atoms with Gasteiger partial charge in [0.05, 0.1) is 7.11 Å². The van der Waals surface area contributed by atoms with E-state index in [1.165, 1.54) is 25.3 Å². The Labute approximate surface area is 110 Å². The highest BCUT2D eigenvalue weighted by Crippen LogP contribution is 2.19. The number of rotatable bonds is 5. The summed E-state index contributed by atoms with van der Waals surface area (Å²) in [5.41, 5.74) is 1.45. The van der Waals surface area contributed by atoms with Crippen molar-refractivity contribution in [2.45, 2.75) is 12.8 Å². The molecule has 0 radical (unpaired) electrons. The quantitative estimate of drug-likeness (QED) is 0.777. The summed E-state index contributed by atoms with van der Waals surface area (Å²) in [6.07, 6.45) is 2.66. The van der Waals surface area contributed by atoms with Gasteiger partial charge in [-0.15, -0.1) is 0 Å². The molecule has 100 valence electrons. The third kappa shape index (κ3) is 2.99. The summed E-state index contributed by atoms with van der Waals surface area (Å²) in [7, 11) is 3.21. The average molecular weight is 262 g/mol. The predicted molar refractivity (Wildman–Crippen MR) is 68.8 cm³/mol. The molecule has 0 aliphatic rings. The van der Waals surface area contributed by atoms with Crippen molar-refractivity contribution in [2.75, 3.05) is 7.11 Å². The SMILES string of the molecule is COc1cc(C(=O)CCc2ccnn2C)ccc1F. The van der Waals surface area contributed by atoms with Gasteiger partial charge >= 0.3 is 0 Å². The molecule has 0 saturated heterocycles. The molecule has 0 aliphatic carbocycles. The van der Waals surface area contributed by atoms with Gasteiger partial charge in [0.25, 0.3) is 0 Å². The maximum atomic E-state index is 13.2. The van der Waals surface area contributed by atoms with Gasteiger partial charge in [-0.1, -0.05) is 0 Å². The molecular formula is C14H15FN2O2. The van der Waals surface area contributed by atoms with E-state index in [9.17, 15) is 9.18 Å². The fourth-order valence-corrected chi connectivity index (χ4v) is 1.87. The minimum Gasteiger partial charge on any atom is -0.494 e. The summed E-state index contributed by atoms with van der Waals surface area (Å²) in [5.74, 6) is -0.420. The largest absolute Gasteiger partial charge is 0.494 e. The summed E-state index contributed by atoms with van der Waals surface area (Å²) in [5, 5.41) is 4.04. The second-order valence-corrected chi connectivity index (χ2v) is 4.22. The first kappa shape index (κ1) is 13.3. The molecular weight excluding hydrogens is 247 g/mol. The summed E-state index contributed by atoms with van der Waals surface area (Å²) in [4.78, 5) is 12.0. The second-order valence-electron chi connectivity index (χ2n) is 4.22. The molecule has 0 atom stereocenters. The number of carbonyl (C=O) groups is 1. The zero-order valence-electron chi connectivity index (χ0n) is 10.9. The first-order valence-corrected chi connectivity index (χ1v) is 5.95. The lowest BCUT2D eigenvalue weighted by Gasteiger charge is -2.05. The van der Waals surface area contributed by atoms with E-state index in [4.69, 9.17) is 4.74 Å². The van der Waals surface area contributed by atoms with Crippen molar-refractivity contribution < 1.29 is 13.9 Å². The van der Waals surface area contributed by atoms with Gasteiger partial charge in [0.15, 0.2) is 17.3 Å². The number of halogens is 1. The van der Waals surface area contributed by atoms with Crippen LogP contribution in [0.15, 0.2) is 30.5 Å². The standard InChI is InChI=1S/C14H15FN2O2/c1-17-11(7-8-16-17)4-6-13(18)10-3-5-12(15)14(9-10)19-2/h3,5,7-9H,4,6H2,1-2H3. The Morgan fingerprint density at radius 2 is 2.21 bits per heavy atom. The molecule has 1 heterocycles. The molecule has 0 N–H and O–H groups in total. The number of aromatic nitrogens is 2. The number of hydrogen-bond acceptors (Lipinski definition) is 3. The number of benzene rings is 1. The van der Waals surface area contributed by atoms with Crippen LogP contribution in [0.1, 0.15) is 22.5 Å². The highest BCUT2D eigenvalue weighted by atomic mass is 19.1. The van der Waals surface area contributed by atoms with Crippen LogP contribution in [-0.2, 0) is 13.5 Å². The Kier molecular flexibility index (Phi) is 3.94. The number of carbonyl (C=O) groups excluding carboxylic acids is 1. The number of ketones is 1. The van der Waals surface area contributed by atoms with E-state index in [1.807, 2.05) is 13.1 Å². The van der Waals surface area contributed by atoms with Crippen molar-refractivity contribution >= 4 is 5.78 Å². The number of Topliss-reactive ketones (excluding diaryl/α,β-unsaturated/α-hetero) is 1. The monoisotopic (exact) mass is 262 g/mol. The molecule has 0 saturated carbocycles. The molecule has 0 fully saturated rings. The molecule has 4 nitrogen and oxygen atoms in total. The number of aryl methyl sites for hydroxylation is 2. The first-order chi connectivity index (χ1) is 9.11. The Bertz CT molecular complexity index is 593. The minimum atomic E-state index is -0.467. The van der Waals surface area contributed by atoms with Crippen molar-refractivity contribution in [1.82, 2.24) is 9.78 Å². The van der Waals surface area contributed by atoms with Crippen LogP contribution in [0.5, 0.6) is 5.75 Å². The van der Waals surface area contributed by atoms with Crippen molar-refractivity contribution in [3.63, 3.8) is 0 Å². The molecule has 1 aromatic carbocycles. The normalized spacial score (nSPS) is 10.5. The van der Waals surface area contributed by atoms with Gasteiger partial charge in [-0.3, -0.25) is 9.48 Å². The van der Waals surface area contributed by atoms with E-state index in [0.717, 1.165) is 5.69 Å². The van der Waals surface area contributed by atoms with Crippen molar-refractivity contribution in [3.8, 4) is 5.75 Å². The van der Waals surface area contributed by atoms with E-state index in [1.54, 1.807) is 10.9 Å². The van der Waals surface area contributed by atoms with E-state index in [0.29, 0.717) is 18.4 Å². The summed E-state index contributed by atoms with van der Waals surface area (Å²) in [6, 6.07) is 6.03. The molecule has 0 bridgehead atoms. The molecule has 0 aliphatic heterocycles. The average Bonchev–Trinajstić information content (AvgIpc) is 2.82. The number of nitrogens with zero attached hydrogens (tertiary/aromatic N) is 2. The third-order valence-corrected chi connectivity index (χ3v) is 3.00. The number of methoxy groups -OCH3 is 1. The lowest BCUT2D eigenvalue weighted by Crippen LogP contribution is -2.05. The Morgan fingerprint density at radius 1 is 1.42 bits per heavy atom. The van der Waals surface area contributed by atoms with Gasteiger partial charge in [0, 0.05) is 30.9 Å².